The van der Waals surface area contributed by atoms with Crippen molar-refractivity contribution in [3.8, 4) is 0 Å². The van der Waals surface area contributed by atoms with Gasteiger partial charge in [-0.1, -0.05) is 36.4 Å². The molecule has 0 unspecified atom stereocenters. The zero-order chi connectivity index (χ0) is 18.2. The van der Waals surface area contributed by atoms with Crippen LogP contribution in [-0.2, 0) is 6.54 Å². The van der Waals surface area contributed by atoms with Crippen LogP contribution in [0.15, 0.2) is 71.9 Å². The number of rotatable bonds is 4. The molecule has 0 bridgehead atoms. The van der Waals surface area contributed by atoms with Crippen LogP contribution in [0.4, 0.5) is 17.2 Å². The van der Waals surface area contributed by atoms with E-state index in [0.717, 1.165) is 39.6 Å². The molecular formula is C22H20N4O. The van der Waals surface area contributed by atoms with E-state index in [0.29, 0.717) is 12.6 Å². The molecule has 0 amide bonds. The number of pyridine rings is 1. The topological polar surface area (TPSA) is 60.8 Å². The van der Waals surface area contributed by atoms with Gasteiger partial charge in [0.2, 0.25) is 0 Å². The van der Waals surface area contributed by atoms with Crippen LogP contribution in [0.3, 0.4) is 0 Å². The van der Waals surface area contributed by atoms with E-state index >= 15 is 0 Å². The van der Waals surface area contributed by atoms with Crippen molar-refractivity contribution in [3.63, 3.8) is 0 Å². The van der Waals surface area contributed by atoms with Crippen LogP contribution < -0.4 is 10.4 Å². The molecule has 0 radical (unpaired) electrons. The van der Waals surface area contributed by atoms with Crippen molar-refractivity contribution in [2.45, 2.75) is 25.4 Å². The molecule has 2 N–H and O–H groups in total. The molecule has 5 rings (SSSR count). The summed E-state index contributed by atoms with van der Waals surface area (Å²) in [7, 11) is 0. The van der Waals surface area contributed by atoms with E-state index in [4.69, 9.17) is 15.2 Å². The lowest BCUT2D eigenvalue weighted by molar-refractivity contribution is 0.161. The van der Waals surface area contributed by atoms with Crippen LogP contribution in [0.1, 0.15) is 29.5 Å². The summed E-state index contributed by atoms with van der Waals surface area (Å²) >= 11 is 0. The maximum atomic E-state index is 8.91. The zero-order valence-electron chi connectivity index (χ0n) is 14.8. The molecule has 27 heavy (non-hydrogen) atoms. The normalized spacial score (nSPS) is 15.6. The molecule has 5 heteroatoms. The molecule has 0 atom stereocenters. The summed E-state index contributed by atoms with van der Waals surface area (Å²) in [6.07, 6.45) is 4.22. The highest BCUT2D eigenvalue weighted by molar-refractivity contribution is 6.18. The lowest BCUT2D eigenvalue weighted by Crippen LogP contribution is -2.22. The highest BCUT2D eigenvalue weighted by atomic mass is 16.5. The van der Waals surface area contributed by atoms with Gasteiger partial charge in [-0.2, -0.15) is 0 Å². The standard InChI is InChI=1S/C22H20N4O/c27-24-14-15-7-9-16(10-8-15)21-18-4-3-13-23-22(18)26(17-11-12-17)20-6-2-1-5-19(20)25-21/h1-10,13,17,24,27H,11-12,14H2. The Bertz CT molecular complexity index is 1010. The van der Waals surface area contributed by atoms with Crippen molar-refractivity contribution in [1.82, 2.24) is 10.5 Å². The van der Waals surface area contributed by atoms with Gasteiger partial charge in [-0.3, -0.25) is 0 Å². The Hall–Kier alpha value is -3.02. The van der Waals surface area contributed by atoms with Gasteiger partial charge < -0.3 is 10.1 Å². The second-order valence-corrected chi connectivity index (χ2v) is 6.96. The van der Waals surface area contributed by atoms with Crippen molar-refractivity contribution < 1.29 is 5.21 Å². The number of hydrogen-bond acceptors (Lipinski definition) is 5. The average Bonchev–Trinajstić information content (AvgIpc) is 3.54. The van der Waals surface area contributed by atoms with Crippen molar-refractivity contribution in [1.29, 1.82) is 0 Å². The number of hydroxylamine groups is 1. The molecule has 1 aromatic heterocycles. The molecule has 2 aliphatic rings. The molecule has 1 aliphatic carbocycles. The molecule has 134 valence electrons. The molecule has 1 fully saturated rings. The van der Waals surface area contributed by atoms with Gasteiger partial charge in [-0.05, 0) is 42.7 Å². The Morgan fingerprint density at radius 3 is 2.59 bits per heavy atom. The number of hydrogen-bond donors (Lipinski definition) is 2. The number of aliphatic imine (C=N–C) groups is 1. The first-order valence-electron chi connectivity index (χ1n) is 9.24. The predicted molar refractivity (Wildman–Crippen MR) is 106 cm³/mol. The highest BCUT2D eigenvalue weighted by Crippen LogP contribution is 2.45. The number of nitrogens with zero attached hydrogens (tertiary/aromatic N) is 3. The van der Waals surface area contributed by atoms with Crippen LogP contribution >= 0.6 is 0 Å². The van der Waals surface area contributed by atoms with Gasteiger partial charge in [0.1, 0.15) is 5.82 Å². The van der Waals surface area contributed by atoms with Crippen molar-refractivity contribution in [3.05, 3.63) is 83.6 Å². The van der Waals surface area contributed by atoms with Gasteiger partial charge >= 0.3 is 0 Å². The van der Waals surface area contributed by atoms with E-state index in [1.807, 2.05) is 30.5 Å². The summed E-state index contributed by atoms with van der Waals surface area (Å²) in [5, 5.41) is 8.91. The summed E-state index contributed by atoms with van der Waals surface area (Å²) in [5.41, 5.74) is 8.33. The third-order valence-electron chi connectivity index (χ3n) is 5.07. The zero-order valence-corrected chi connectivity index (χ0v) is 14.8. The number of fused-ring (bicyclic) bond motifs is 2. The van der Waals surface area contributed by atoms with Gasteiger partial charge in [-0.15, -0.1) is 0 Å². The van der Waals surface area contributed by atoms with Gasteiger partial charge in [0.25, 0.3) is 0 Å². The predicted octanol–water partition coefficient (Wildman–Crippen LogP) is 4.34. The average molecular weight is 356 g/mol. The summed E-state index contributed by atoms with van der Waals surface area (Å²) in [4.78, 5) is 12.2. The van der Waals surface area contributed by atoms with E-state index < -0.39 is 0 Å². The molecule has 3 aromatic rings. The third kappa shape index (κ3) is 2.91. The Balaban J connectivity index is 1.70. The Morgan fingerprint density at radius 1 is 1.00 bits per heavy atom. The number of nitrogens with one attached hydrogen (secondary N) is 1. The summed E-state index contributed by atoms with van der Waals surface area (Å²) in [5.74, 6) is 0.977. The lowest BCUT2D eigenvalue weighted by Gasteiger charge is -2.25. The van der Waals surface area contributed by atoms with Crippen LogP contribution in [0.2, 0.25) is 0 Å². The summed E-state index contributed by atoms with van der Waals surface area (Å²) in [6.45, 7) is 0.420. The van der Waals surface area contributed by atoms with Crippen molar-refractivity contribution in [2.75, 3.05) is 4.90 Å². The van der Waals surface area contributed by atoms with E-state index in [1.165, 1.54) is 12.8 Å². The quantitative estimate of drug-likeness (QED) is 0.683. The van der Waals surface area contributed by atoms with Crippen molar-refractivity contribution >= 4 is 22.9 Å². The molecular weight excluding hydrogens is 336 g/mol. The molecule has 2 aromatic carbocycles. The number of aromatic nitrogens is 1. The summed E-state index contributed by atoms with van der Waals surface area (Å²) < 4.78 is 0. The first kappa shape index (κ1) is 16.2. The Kier molecular flexibility index (Phi) is 3.96. The minimum atomic E-state index is 0.420. The number of anilines is 2. The smallest absolute Gasteiger partial charge is 0.142 e. The Labute approximate surface area is 158 Å². The molecule has 0 saturated heterocycles. The van der Waals surface area contributed by atoms with E-state index in [1.54, 1.807) is 0 Å². The minimum absolute atomic E-state index is 0.420. The molecule has 0 spiro atoms. The second kappa shape index (κ2) is 6.61. The third-order valence-corrected chi connectivity index (χ3v) is 5.07. The molecule has 1 aliphatic heterocycles. The van der Waals surface area contributed by atoms with Gasteiger partial charge in [0.05, 0.1) is 17.1 Å². The minimum Gasteiger partial charge on any atom is -0.321 e. The maximum absolute atomic E-state index is 8.91. The number of para-hydroxylation sites is 2. The monoisotopic (exact) mass is 356 g/mol. The summed E-state index contributed by atoms with van der Waals surface area (Å²) in [6, 6.07) is 21.0. The lowest BCUT2D eigenvalue weighted by atomic mass is 10.0. The highest BCUT2D eigenvalue weighted by Gasteiger charge is 2.35. The van der Waals surface area contributed by atoms with Crippen LogP contribution in [0.5, 0.6) is 0 Å². The largest absolute Gasteiger partial charge is 0.321 e. The number of benzene rings is 2. The van der Waals surface area contributed by atoms with Crippen molar-refractivity contribution in [2.24, 2.45) is 4.99 Å². The van der Waals surface area contributed by atoms with Gasteiger partial charge in [0.15, 0.2) is 0 Å². The first-order valence-corrected chi connectivity index (χ1v) is 9.24. The SMILES string of the molecule is ONCc1ccc(C2=Nc3ccccc3N(C3CC3)c3ncccc32)cc1. The molecule has 5 nitrogen and oxygen atoms in total. The van der Waals surface area contributed by atoms with Crippen LogP contribution in [0.25, 0.3) is 0 Å². The maximum Gasteiger partial charge on any atom is 0.142 e. The fraction of sp³-hybridized carbons (Fsp3) is 0.182. The van der Waals surface area contributed by atoms with E-state index in [9.17, 15) is 0 Å². The fourth-order valence-electron chi connectivity index (χ4n) is 3.63. The molecule has 1 saturated carbocycles. The Morgan fingerprint density at radius 2 is 1.81 bits per heavy atom. The van der Waals surface area contributed by atoms with Crippen LogP contribution in [0, 0.1) is 0 Å². The first-order chi connectivity index (χ1) is 13.3. The van der Waals surface area contributed by atoms with Gasteiger partial charge in [-0.25, -0.2) is 15.5 Å². The van der Waals surface area contributed by atoms with Gasteiger partial charge in [0, 0.05) is 29.9 Å². The second-order valence-electron chi connectivity index (χ2n) is 6.96. The molecule has 2 heterocycles. The van der Waals surface area contributed by atoms with Crippen LogP contribution in [-0.4, -0.2) is 21.9 Å². The van der Waals surface area contributed by atoms with E-state index in [2.05, 4.69) is 46.8 Å². The fourth-order valence-corrected chi connectivity index (χ4v) is 3.63. The van der Waals surface area contributed by atoms with E-state index in [-0.39, 0.29) is 0 Å².